The number of fused-ring (bicyclic) bond motifs is 2. The van der Waals surface area contributed by atoms with Crippen molar-refractivity contribution in [2.75, 3.05) is 31.8 Å². The molecule has 0 fully saturated rings. The van der Waals surface area contributed by atoms with Crippen LogP contribution in [0.15, 0.2) is 42.5 Å². The third-order valence-electron chi connectivity index (χ3n) is 5.01. The topological polar surface area (TPSA) is 82.1 Å². The van der Waals surface area contributed by atoms with E-state index in [4.69, 9.17) is 14.2 Å². The molecule has 0 atom stereocenters. The van der Waals surface area contributed by atoms with E-state index in [1.54, 1.807) is 48.4 Å². The molecule has 0 spiro atoms. The Morgan fingerprint density at radius 3 is 2.73 bits per heavy atom. The fourth-order valence-electron chi connectivity index (χ4n) is 3.36. The molecule has 2 aliphatic heterocycles. The third-order valence-corrected chi connectivity index (χ3v) is 5.01. The Balaban J connectivity index is 1.34. The van der Waals surface area contributed by atoms with Crippen LogP contribution >= 0.6 is 0 Å². The fourth-order valence-corrected chi connectivity index (χ4v) is 3.36. The van der Waals surface area contributed by atoms with Crippen molar-refractivity contribution in [1.82, 2.24) is 0 Å². The van der Waals surface area contributed by atoms with Gasteiger partial charge < -0.3 is 19.1 Å². The van der Waals surface area contributed by atoms with E-state index < -0.39 is 5.97 Å². The molecule has 0 N–H and O–H groups in total. The molecule has 0 radical (unpaired) electrons. The molecule has 2 aromatic rings. The van der Waals surface area contributed by atoms with E-state index in [-0.39, 0.29) is 24.7 Å². The number of amides is 1. The van der Waals surface area contributed by atoms with Gasteiger partial charge in [-0.25, -0.2) is 4.79 Å². The quantitative estimate of drug-likeness (QED) is 0.431. The van der Waals surface area contributed by atoms with E-state index >= 15 is 0 Å². The highest BCUT2D eigenvalue weighted by atomic mass is 16.5. The number of hydrogen-bond donors (Lipinski definition) is 0. The largest absolute Gasteiger partial charge is 0.490 e. The zero-order valence-electron chi connectivity index (χ0n) is 16.6. The van der Waals surface area contributed by atoms with Crippen molar-refractivity contribution in [3.8, 4) is 11.5 Å². The lowest BCUT2D eigenvalue weighted by Crippen LogP contribution is -2.20. The highest BCUT2D eigenvalue weighted by molar-refractivity contribution is 6.04. The number of ether oxygens (including phenoxy) is 3. The highest BCUT2D eigenvalue weighted by Crippen LogP contribution is 2.31. The molecular formula is C23H21NO6. The van der Waals surface area contributed by atoms with E-state index in [1.165, 1.54) is 6.08 Å². The number of benzene rings is 2. The average Bonchev–Trinajstić information content (AvgIpc) is 2.91. The zero-order valence-corrected chi connectivity index (χ0v) is 16.6. The van der Waals surface area contributed by atoms with Crippen LogP contribution in [-0.2, 0) is 20.7 Å². The number of carbonyl (C=O) groups is 3. The van der Waals surface area contributed by atoms with Crippen molar-refractivity contribution in [2.24, 2.45) is 0 Å². The number of likely N-dealkylation sites (N-methyl/N-ethyl adjacent to an activating group) is 1. The van der Waals surface area contributed by atoms with Gasteiger partial charge in [0, 0.05) is 30.8 Å². The Morgan fingerprint density at radius 2 is 1.90 bits per heavy atom. The second-order valence-corrected chi connectivity index (χ2v) is 7.09. The van der Waals surface area contributed by atoms with Gasteiger partial charge in [0.15, 0.2) is 23.9 Å². The summed E-state index contributed by atoms with van der Waals surface area (Å²) in [6.45, 7) is 0.824. The van der Waals surface area contributed by atoms with Crippen LogP contribution in [0.3, 0.4) is 0 Å². The number of carbonyl (C=O) groups excluding carboxylic acids is 3. The van der Waals surface area contributed by atoms with Crippen LogP contribution in [0.4, 0.5) is 5.69 Å². The number of nitrogens with zero attached hydrogens (tertiary/aromatic N) is 1. The standard InChI is InChI=1S/C23H21NO6/c1-24-18-6-5-16(12-17(18)13-22(24)26)19(25)14-30-23(27)8-4-15-3-7-20-21(11-15)29-10-2-9-28-20/h3-8,11-12H,2,9-10,13-14H2,1H3/b8-4+. The molecule has 154 valence electrons. The molecule has 30 heavy (non-hydrogen) atoms. The first kappa shape index (κ1) is 19.7. The molecule has 2 aromatic carbocycles. The van der Waals surface area contributed by atoms with Gasteiger partial charge in [-0.15, -0.1) is 0 Å². The smallest absolute Gasteiger partial charge is 0.331 e. The minimum absolute atomic E-state index is 0.0130. The van der Waals surface area contributed by atoms with Gasteiger partial charge in [-0.05, 0) is 47.5 Å². The summed E-state index contributed by atoms with van der Waals surface area (Å²) >= 11 is 0. The molecule has 7 nitrogen and oxygen atoms in total. The summed E-state index contributed by atoms with van der Waals surface area (Å²) in [5.74, 6) is 0.364. The second kappa shape index (κ2) is 8.41. The zero-order chi connectivity index (χ0) is 21.1. The summed E-state index contributed by atoms with van der Waals surface area (Å²) in [5, 5.41) is 0. The highest BCUT2D eigenvalue weighted by Gasteiger charge is 2.24. The van der Waals surface area contributed by atoms with Gasteiger partial charge in [-0.2, -0.15) is 0 Å². The summed E-state index contributed by atoms with van der Waals surface area (Å²) in [7, 11) is 1.70. The normalized spacial score (nSPS) is 15.1. The van der Waals surface area contributed by atoms with Crippen molar-refractivity contribution in [3.05, 3.63) is 59.2 Å². The molecule has 0 unspecified atom stereocenters. The number of esters is 1. The van der Waals surface area contributed by atoms with Crippen molar-refractivity contribution in [1.29, 1.82) is 0 Å². The van der Waals surface area contributed by atoms with Gasteiger partial charge in [0.1, 0.15) is 0 Å². The minimum atomic E-state index is -0.619. The summed E-state index contributed by atoms with van der Waals surface area (Å²) in [4.78, 5) is 37.7. The Morgan fingerprint density at radius 1 is 1.10 bits per heavy atom. The Kier molecular flexibility index (Phi) is 5.52. The first-order chi connectivity index (χ1) is 14.5. The number of hydrogen-bond acceptors (Lipinski definition) is 6. The lowest BCUT2D eigenvalue weighted by atomic mass is 10.1. The molecule has 1 amide bonds. The predicted molar refractivity (Wildman–Crippen MR) is 110 cm³/mol. The first-order valence-corrected chi connectivity index (χ1v) is 9.68. The summed E-state index contributed by atoms with van der Waals surface area (Å²) in [5.41, 5.74) is 2.77. The molecule has 0 saturated carbocycles. The van der Waals surface area contributed by atoms with Crippen molar-refractivity contribution < 1.29 is 28.6 Å². The van der Waals surface area contributed by atoms with Crippen LogP contribution in [0.2, 0.25) is 0 Å². The van der Waals surface area contributed by atoms with Crippen LogP contribution in [0, 0.1) is 0 Å². The van der Waals surface area contributed by atoms with E-state index in [0.29, 0.717) is 30.3 Å². The summed E-state index contributed by atoms with van der Waals surface area (Å²) < 4.78 is 16.3. The Bertz CT molecular complexity index is 1040. The third kappa shape index (κ3) is 4.20. The van der Waals surface area contributed by atoms with Gasteiger partial charge in [-0.3, -0.25) is 9.59 Å². The maximum atomic E-state index is 12.3. The van der Waals surface area contributed by atoms with Crippen molar-refractivity contribution >= 4 is 29.4 Å². The van der Waals surface area contributed by atoms with Gasteiger partial charge >= 0.3 is 5.97 Å². The van der Waals surface area contributed by atoms with Crippen LogP contribution in [0.5, 0.6) is 11.5 Å². The van der Waals surface area contributed by atoms with E-state index in [0.717, 1.165) is 23.2 Å². The number of Topliss-reactive ketones (excluding diaryl/α,β-unsaturated/α-hetero) is 1. The summed E-state index contributed by atoms with van der Waals surface area (Å²) in [6.07, 6.45) is 3.95. The van der Waals surface area contributed by atoms with Crippen LogP contribution < -0.4 is 14.4 Å². The molecule has 0 saturated heterocycles. The van der Waals surface area contributed by atoms with E-state index in [2.05, 4.69) is 0 Å². The molecular weight excluding hydrogens is 386 g/mol. The van der Waals surface area contributed by atoms with Crippen LogP contribution in [0.25, 0.3) is 6.08 Å². The van der Waals surface area contributed by atoms with Gasteiger partial charge in [0.2, 0.25) is 5.91 Å². The lowest BCUT2D eigenvalue weighted by molar-refractivity contribution is -0.136. The lowest BCUT2D eigenvalue weighted by Gasteiger charge is -2.10. The number of rotatable bonds is 5. The van der Waals surface area contributed by atoms with Gasteiger partial charge in [-0.1, -0.05) is 6.07 Å². The molecule has 2 aliphatic rings. The van der Waals surface area contributed by atoms with Gasteiger partial charge in [0.05, 0.1) is 19.6 Å². The fraction of sp³-hybridized carbons (Fsp3) is 0.261. The maximum Gasteiger partial charge on any atom is 0.331 e. The van der Waals surface area contributed by atoms with Crippen LogP contribution in [0.1, 0.15) is 27.9 Å². The molecule has 0 bridgehead atoms. The molecule has 4 rings (SSSR count). The SMILES string of the molecule is CN1C(=O)Cc2cc(C(=O)COC(=O)/C=C/c3ccc4c(c3)OCCCO4)ccc21. The monoisotopic (exact) mass is 407 g/mol. The maximum absolute atomic E-state index is 12.3. The Labute approximate surface area is 173 Å². The molecule has 2 heterocycles. The second-order valence-electron chi connectivity index (χ2n) is 7.09. The number of anilines is 1. The van der Waals surface area contributed by atoms with Crippen molar-refractivity contribution in [3.63, 3.8) is 0 Å². The molecule has 0 aliphatic carbocycles. The van der Waals surface area contributed by atoms with Crippen molar-refractivity contribution in [2.45, 2.75) is 12.8 Å². The van der Waals surface area contributed by atoms with Crippen LogP contribution in [-0.4, -0.2) is 44.5 Å². The first-order valence-electron chi connectivity index (χ1n) is 9.68. The average molecular weight is 407 g/mol. The predicted octanol–water partition coefficient (Wildman–Crippen LogP) is 2.81. The van der Waals surface area contributed by atoms with E-state index in [9.17, 15) is 14.4 Å². The van der Waals surface area contributed by atoms with Gasteiger partial charge in [0.25, 0.3) is 0 Å². The summed E-state index contributed by atoms with van der Waals surface area (Å²) in [6, 6.07) is 10.5. The molecule has 7 heteroatoms. The number of ketones is 1. The van der Waals surface area contributed by atoms with E-state index in [1.807, 2.05) is 6.07 Å². The Hall–Kier alpha value is -3.61. The molecule has 0 aromatic heterocycles. The minimum Gasteiger partial charge on any atom is -0.490 e.